The number of allylic oxidation sites excluding steroid dienone is 1. The third-order valence-electron chi connectivity index (χ3n) is 8.02. The highest BCUT2D eigenvalue weighted by molar-refractivity contribution is 5.94. The van der Waals surface area contributed by atoms with Gasteiger partial charge in [-0.25, -0.2) is 0 Å². The van der Waals surface area contributed by atoms with E-state index >= 15 is 0 Å². The van der Waals surface area contributed by atoms with Crippen molar-refractivity contribution in [1.82, 2.24) is 20.0 Å². The lowest BCUT2D eigenvalue weighted by atomic mass is 9.49. The van der Waals surface area contributed by atoms with Crippen LogP contribution in [-0.4, -0.2) is 45.4 Å². The Hall–Kier alpha value is -2.44. The van der Waals surface area contributed by atoms with Gasteiger partial charge in [-0.1, -0.05) is 55.8 Å². The fourth-order valence-electron chi connectivity index (χ4n) is 5.92. The minimum Gasteiger partial charge on any atom is -0.394 e. The number of aliphatic hydroxyl groups excluding tert-OH is 1. The fourth-order valence-corrected chi connectivity index (χ4v) is 5.92. The highest BCUT2D eigenvalue weighted by Gasteiger charge is 2.51. The number of carbonyl (C=O) groups excluding carboxylic acids is 1. The molecule has 1 aromatic carbocycles. The molecule has 170 valence electrons. The summed E-state index contributed by atoms with van der Waals surface area (Å²) in [5.41, 5.74) is 5.71. The Morgan fingerprint density at radius 3 is 2.81 bits per heavy atom. The molecule has 2 heterocycles. The molecule has 0 radical (unpaired) electrons. The molecule has 1 fully saturated rings. The van der Waals surface area contributed by atoms with E-state index in [0.717, 1.165) is 48.8 Å². The number of nitrogens with zero attached hydrogens (tertiary/aromatic N) is 3. The second kappa shape index (κ2) is 8.49. The molecular formula is C26H34N4O2. The van der Waals surface area contributed by atoms with Crippen LogP contribution in [0.5, 0.6) is 0 Å². The number of carbonyl (C=O) groups is 1. The van der Waals surface area contributed by atoms with Gasteiger partial charge in [0.1, 0.15) is 0 Å². The van der Waals surface area contributed by atoms with Gasteiger partial charge in [0.25, 0.3) is 5.91 Å². The number of aliphatic hydroxyl groups is 1. The van der Waals surface area contributed by atoms with Crippen molar-refractivity contribution in [3.8, 4) is 0 Å². The first kappa shape index (κ1) is 21.4. The van der Waals surface area contributed by atoms with Crippen molar-refractivity contribution in [2.45, 2.75) is 52.7 Å². The van der Waals surface area contributed by atoms with Crippen LogP contribution in [0.4, 0.5) is 0 Å². The molecule has 1 aliphatic heterocycles. The molecule has 6 heteroatoms. The smallest absolute Gasteiger partial charge is 0.272 e. The van der Waals surface area contributed by atoms with E-state index in [1.165, 1.54) is 12.8 Å². The summed E-state index contributed by atoms with van der Waals surface area (Å²) in [5, 5.41) is 17.2. The predicted molar refractivity (Wildman–Crippen MR) is 124 cm³/mol. The van der Waals surface area contributed by atoms with Crippen LogP contribution in [0.15, 0.2) is 42.0 Å². The number of aromatic nitrogens is 2. The zero-order valence-electron chi connectivity index (χ0n) is 19.2. The molecule has 0 spiro atoms. The van der Waals surface area contributed by atoms with Crippen molar-refractivity contribution >= 4 is 5.91 Å². The molecule has 2 bridgehead atoms. The maximum absolute atomic E-state index is 13.1. The summed E-state index contributed by atoms with van der Waals surface area (Å²) in [6, 6.07) is 9.93. The third-order valence-corrected chi connectivity index (χ3v) is 8.02. The van der Waals surface area contributed by atoms with Gasteiger partial charge in [0.15, 0.2) is 5.69 Å². The maximum Gasteiger partial charge on any atom is 0.272 e. The van der Waals surface area contributed by atoms with E-state index in [1.807, 2.05) is 35.0 Å². The second-order valence-electron chi connectivity index (χ2n) is 10.2. The molecule has 2 atom stereocenters. The molecule has 6 rings (SSSR count). The largest absolute Gasteiger partial charge is 0.394 e. The van der Waals surface area contributed by atoms with Crippen LogP contribution in [0, 0.1) is 17.3 Å². The summed E-state index contributed by atoms with van der Waals surface area (Å²) in [6.45, 7) is 8.45. The molecule has 3 aliphatic carbocycles. The van der Waals surface area contributed by atoms with Crippen LogP contribution >= 0.6 is 0 Å². The SMILES string of the molecule is CC1(C)[C@H]2CC=C(CN3CCc4c(c(C(=O)NCc5ccccc5)nn4CCO)C3)[C@@H]1C2. The number of nitrogens with one attached hydrogen (secondary N) is 1. The van der Waals surface area contributed by atoms with E-state index in [4.69, 9.17) is 0 Å². The normalized spacial score (nSPS) is 23.8. The van der Waals surface area contributed by atoms with Crippen LogP contribution in [0.2, 0.25) is 0 Å². The topological polar surface area (TPSA) is 70.4 Å². The lowest BCUT2D eigenvalue weighted by Gasteiger charge is -2.57. The van der Waals surface area contributed by atoms with Gasteiger partial charge in [0.2, 0.25) is 0 Å². The zero-order chi connectivity index (χ0) is 22.3. The summed E-state index contributed by atoms with van der Waals surface area (Å²) in [7, 11) is 0. The fraction of sp³-hybridized carbons (Fsp3) is 0.538. The zero-order valence-corrected chi connectivity index (χ0v) is 19.2. The van der Waals surface area contributed by atoms with Gasteiger partial charge in [-0.2, -0.15) is 5.10 Å². The van der Waals surface area contributed by atoms with E-state index in [0.29, 0.717) is 30.1 Å². The summed E-state index contributed by atoms with van der Waals surface area (Å²) < 4.78 is 1.84. The van der Waals surface area contributed by atoms with Crippen molar-refractivity contribution in [1.29, 1.82) is 0 Å². The molecule has 0 unspecified atom stereocenters. The van der Waals surface area contributed by atoms with Gasteiger partial charge in [0.05, 0.1) is 13.2 Å². The standard InChI is InChI=1S/C26H34N4O2/c1-26(2)20-9-8-19(22(26)14-20)16-29-11-10-23-21(17-29)24(28-30(23)12-13-31)25(32)27-15-18-6-4-3-5-7-18/h3-8,20,22,31H,9-17H2,1-2H3,(H,27,32)/t20-,22-/m0/s1. The van der Waals surface area contributed by atoms with E-state index in [2.05, 4.69) is 35.2 Å². The molecule has 4 aliphatic rings. The molecule has 1 saturated carbocycles. The average molecular weight is 435 g/mol. The Bertz CT molecular complexity index is 1020. The first-order chi connectivity index (χ1) is 15.5. The molecular weight excluding hydrogens is 400 g/mol. The monoisotopic (exact) mass is 434 g/mol. The van der Waals surface area contributed by atoms with Gasteiger partial charge in [-0.3, -0.25) is 14.4 Å². The van der Waals surface area contributed by atoms with Gasteiger partial charge in [-0.05, 0) is 35.7 Å². The predicted octanol–water partition coefficient (Wildman–Crippen LogP) is 3.16. The summed E-state index contributed by atoms with van der Waals surface area (Å²) >= 11 is 0. The lowest BCUT2D eigenvalue weighted by Crippen LogP contribution is -2.50. The van der Waals surface area contributed by atoms with Crippen molar-refractivity contribution in [2.24, 2.45) is 17.3 Å². The Kier molecular flexibility index (Phi) is 5.68. The van der Waals surface area contributed by atoms with E-state index in [1.54, 1.807) is 5.57 Å². The van der Waals surface area contributed by atoms with Crippen LogP contribution in [-0.2, 0) is 26.1 Å². The number of benzene rings is 1. The molecule has 0 saturated heterocycles. The first-order valence-electron chi connectivity index (χ1n) is 11.9. The average Bonchev–Trinajstić information content (AvgIpc) is 3.16. The number of hydrogen-bond donors (Lipinski definition) is 2. The van der Waals surface area contributed by atoms with Crippen LogP contribution in [0.1, 0.15) is 54.0 Å². The third kappa shape index (κ3) is 3.80. The molecule has 2 N–H and O–H groups in total. The van der Waals surface area contributed by atoms with Crippen LogP contribution < -0.4 is 5.32 Å². The molecule has 1 aromatic heterocycles. The quantitative estimate of drug-likeness (QED) is 0.657. The Labute approximate surface area is 190 Å². The van der Waals surface area contributed by atoms with E-state index < -0.39 is 0 Å². The number of hydrogen-bond acceptors (Lipinski definition) is 4. The lowest BCUT2D eigenvalue weighted by molar-refractivity contribution is -0.0110. The Morgan fingerprint density at radius 1 is 1.28 bits per heavy atom. The highest BCUT2D eigenvalue weighted by Crippen LogP contribution is 2.59. The number of rotatable bonds is 7. The van der Waals surface area contributed by atoms with Crippen LogP contribution in [0.3, 0.4) is 0 Å². The van der Waals surface area contributed by atoms with Crippen molar-refractivity contribution in [3.63, 3.8) is 0 Å². The number of fused-ring (bicyclic) bond motifs is 2. The summed E-state index contributed by atoms with van der Waals surface area (Å²) in [4.78, 5) is 15.5. The second-order valence-corrected chi connectivity index (χ2v) is 10.2. The van der Waals surface area contributed by atoms with E-state index in [-0.39, 0.29) is 12.5 Å². The van der Waals surface area contributed by atoms with E-state index in [9.17, 15) is 9.90 Å². The maximum atomic E-state index is 13.1. The molecule has 2 aromatic rings. The summed E-state index contributed by atoms with van der Waals surface area (Å²) in [6.07, 6.45) is 5.87. The van der Waals surface area contributed by atoms with Crippen molar-refractivity contribution < 1.29 is 9.90 Å². The summed E-state index contributed by atoms with van der Waals surface area (Å²) in [5.74, 6) is 1.41. The van der Waals surface area contributed by atoms with Crippen molar-refractivity contribution in [3.05, 3.63) is 64.5 Å². The van der Waals surface area contributed by atoms with Crippen molar-refractivity contribution in [2.75, 3.05) is 19.7 Å². The molecule has 6 nitrogen and oxygen atoms in total. The van der Waals surface area contributed by atoms with Gasteiger partial charge < -0.3 is 10.4 Å². The number of amides is 1. The first-order valence-corrected chi connectivity index (χ1v) is 11.9. The minimum atomic E-state index is -0.136. The Balaban J connectivity index is 1.32. The Morgan fingerprint density at radius 2 is 2.09 bits per heavy atom. The highest BCUT2D eigenvalue weighted by atomic mass is 16.3. The minimum absolute atomic E-state index is 0.0216. The molecule has 1 amide bonds. The van der Waals surface area contributed by atoms with Crippen LogP contribution in [0.25, 0.3) is 0 Å². The van der Waals surface area contributed by atoms with Gasteiger partial charge in [-0.15, -0.1) is 0 Å². The molecule has 32 heavy (non-hydrogen) atoms. The van der Waals surface area contributed by atoms with Gasteiger partial charge in [0, 0.05) is 43.9 Å². The van der Waals surface area contributed by atoms with Gasteiger partial charge >= 0.3 is 0 Å².